The van der Waals surface area contributed by atoms with Gasteiger partial charge in [-0.15, -0.1) is 11.5 Å². The van der Waals surface area contributed by atoms with E-state index in [-0.39, 0.29) is 12.6 Å². The second kappa shape index (κ2) is 9.77. The molecule has 154 valence electrons. The van der Waals surface area contributed by atoms with Gasteiger partial charge in [0.1, 0.15) is 18.4 Å². The average Bonchev–Trinajstić information content (AvgIpc) is 3.28. The van der Waals surface area contributed by atoms with Crippen LogP contribution in [0.4, 0.5) is 5.69 Å². The van der Waals surface area contributed by atoms with Crippen molar-refractivity contribution in [3.63, 3.8) is 0 Å². The Balaban J connectivity index is 1.77. The standard InChI is InChI=1S/C23H24BrN5O/c1-2-16-30-21-15-9-6-12-18(21)22(25-20-14-8-7-13-19(20)24)23-26-27-28-29(23)17-10-4-3-5-11-17/h1,6-9,12-15,17,22,25H,3-5,10-11,16H2. The maximum atomic E-state index is 5.85. The molecule has 0 aliphatic heterocycles. The molecule has 1 fully saturated rings. The Morgan fingerprint density at radius 1 is 1.13 bits per heavy atom. The van der Waals surface area contributed by atoms with Gasteiger partial charge in [0.05, 0.1) is 6.04 Å². The van der Waals surface area contributed by atoms with Gasteiger partial charge in [0.15, 0.2) is 5.82 Å². The molecule has 0 radical (unpaired) electrons. The fraction of sp³-hybridized carbons (Fsp3) is 0.348. The maximum absolute atomic E-state index is 5.85. The van der Waals surface area contributed by atoms with Gasteiger partial charge in [0.25, 0.3) is 0 Å². The zero-order chi connectivity index (χ0) is 20.8. The van der Waals surface area contributed by atoms with E-state index < -0.39 is 0 Å². The van der Waals surface area contributed by atoms with Crippen molar-refractivity contribution in [1.29, 1.82) is 0 Å². The van der Waals surface area contributed by atoms with Crippen molar-refractivity contribution >= 4 is 21.6 Å². The monoisotopic (exact) mass is 465 g/mol. The van der Waals surface area contributed by atoms with Crippen LogP contribution in [0.25, 0.3) is 0 Å². The lowest BCUT2D eigenvalue weighted by Crippen LogP contribution is -2.23. The minimum Gasteiger partial charge on any atom is -0.481 e. The number of aromatic nitrogens is 4. The third-order valence-corrected chi connectivity index (χ3v) is 6.10. The fourth-order valence-corrected chi connectivity index (χ4v) is 4.36. The summed E-state index contributed by atoms with van der Waals surface area (Å²) in [5.74, 6) is 4.04. The van der Waals surface area contributed by atoms with E-state index in [1.807, 2.05) is 53.2 Å². The highest BCUT2D eigenvalue weighted by atomic mass is 79.9. The third kappa shape index (κ3) is 4.49. The van der Waals surface area contributed by atoms with E-state index in [2.05, 4.69) is 42.7 Å². The third-order valence-electron chi connectivity index (χ3n) is 5.41. The number of benzene rings is 2. The van der Waals surface area contributed by atoms with Crippen molar-refractivity contribution in [2.24, 2.45) is 0 Å². The number of hydrogen-bond acceptors (Lipinski definition) is 5. The Bertz CT molecular complexity index is 1020. The van der Waals surface area contributed by atoms with Crippen LogP contribution in [-0.4, -0.2) is 26.8 Å². The molecule has 1 aromatic heterocycles. The fourth-order valence-electron chi connectivity index (χ4n) is 3.96. The molecular formula is C23H24BrN5O. The highest BCUT2D eigenvalue weighted by molar-refractivity contribution is 9.10. The summed E-state index contributed by atoms with van der Waals surface area (Å²) in [6, 6.07) is 15.9. The average molecular weight is 466 g/mol. The van der Waals surface area contributed by atoms with Crippen LogP contribution in [0.2, 0.25) is 0 Å². The van der Waals surface area contributed by atoms with Gasteiger partial charge in [-0.1, -0.05) is 55.5 Å². The number of rotatable bonds is 7. The Morgan fingerprint density at radius 3 is 2.70 bits per heavy atom. The minimum absolute atomic E-state index is 0.201. The summed E-state index contributed by atoms with van der Waals surface area (Å²) < 4.78 is 8.81. The van der Waals surface area contributed by atoms with Gasteiger partial charge in [-0.25, -0.2) is 4.68 Å². The summed E-state index contributed by atoms with van der Waals surface area (Å²) in [6.07, 6.45) is 11.3. The van der Waals surface area contributed by atoms with Crippen LogP contribution in [0.1, 0.15) is 55.6 Å². The number of terminal acetylenes is 1. The molecule has 30 heavy (non-hydrogen) atoms. The van der Waals surface area contributed by atoms with Gasteiger partial charge < -0.3 is 10.1 Å². The first-order valence-corrected chi connectivity index (χ1v) is 11.0. The lowest BCUT2D eigenvalue weighted by atomic mass is 9.95. The van der Waals surface area contributed by atoms with Gasteiger partial charge in [-0.2, -0.15) is 0 Å². The van der Waals surface area contributed by atoms with Crippen LogP contribution in [0.5, 0.6) is 5.75 Å². The second-order valence-electron chi connectivity index (χ2n) is 7.36. The number of para-hydroxylation sites is 2. The molecule has 4 rings (SSSR count). The van der Waals surface area contributed by atoms with Crippen molar-refractivity contribution in [2.75, 3.05) is 11.9 Å². The summed E-state index contributed by atoms with van der Waals surface area (Å²) in [5, 5.41) is 16.5. The summed E-state index contributed by atoms with van der Waals surface area (Å²) in [4.78, 5) is 0. The quantitative estimate of drug-likeness (QED) is 0.488. The molecule has 0 spiro atoms. The number of nitrogens with zero attached hydrogens (tertiary/aromatic N) is 4. The number of hydrogen-bond donors (Lipinski definition) is 1. The topological polar surface area (TPSA) is 64.9 Å². The smallest absolute Gasteiger partial charge is 0.178 e. The highest BCUT2D eigenvalue weighted by Gasteiger charge is 2.28. The number of halogens is 1. The molecule has 2 aromatic carbocycles. The summed E-state index contributed by atoms with van der Waals surface area (Å²) in [6.45, 7) is 0.201. The van der Waals surface area contributed by atoms with Gasteiger partial charge in [0.2, 0.25) is 0 Å². The van der Waals surface area contributed by atoms with E-state index in [4.69, 9.17) is 11.2 Å². The van der Waals surface area contributed by atoms with E-state index in [0.717, 1.165) is 40.1 Å². The van der Waals surface area contributed by atoms with Crippen LogP contribution in [0, 0.1) is 12.3 Å². The first-order valence-electron chi connectivity index (χ1n) is 10.2. The van der Waals surface area contributed by atoms with E-state index >= 15 is 0 Å². The lowest BCUT2D eigenvalue weighted by Gasteiger charge is -2.27. The summed E-state index contributed by atoms with van der Waals surface area (Å²) >= 11 is 3.64. The molecule has 0 bridgehead atoms. The number of nitrogens with one attached hydrogen (secondary N) is 1. The zero-order valence-electron chi connectivity index (χ0n) is 16.7. The molecule has 1 saturated carbocycles. The normalized spacial score (nSPS) is 15.3. The van der Waals surface area contributed by atoms with Crippen LogP contribution in [0.3, 0.4) is 0 Å². The van der Waals surface area contributed by atoms with Gasteiger partial charge in [-0.05, 0) is 57.4 Å². The first kappa shape index (κ1) is 20.4. The Kier molecular flexibility index (Phi) is 6.65. The highest BCUT2D eigenvalue weighted by Crippen LogP contribution is 2.36. The molecular weight excluding hydrogens is 442 g/mol. The molecule has 7 heteroatoms. The molecule has 1 aliphatic rings. The SMILES string of the molecule is C#CCOc1ccccc1C(Nc1ccccc1Br)c1nnnn1C1CCCCC1. The maximum Gasteiger partial charge on any atom is 0.178 e. The molecule has 1 heterocycles. The van der Waals surface area contributed by atoms with Crippen LogP contribution >= 0.6 is 15.9 Å². The molecule has 1 unspecified atom stereocenters. The predicted molar refractivity (Wildman–Crippen MR) is 120 cm³/mol. The lowest BCUT2D eigenvalue weighted by molar-refractivity contribution is 0.314. The Labute approximate surface area is 185 Å². The van der Waals surface area contributed by atoms with E-state index in [9.17, 15) is 0 Å². The minimum atomic E-state index is -0.297. The second-order valence-corrected chi connectivity index (χ2v) is 8.22. The number of tetrazole rings is 1. The van der Waals surface area contributed by atoms with Crippen molar-refractivity contribution in [2.45, 2.75) is 44.2 Å². The Hall–Kier alpha value is -2.85. The molecule has 3 aromatic rings. The first-order chi connectivity index (χ1) is 14.8. The number of ether oxygens (including phenoxy) is 1. The van der Waals surface area contributed by atoms with E-state index in [1.54, 1.807) is 0 Å². The van der Waals surface area contributed by atoms with Crippen molar-refractivity contribution in [3.8, 4) is 18.1 Å². The van der Waals surface area contributed by atoms with Crippen molar-refractivity contribution in [3.05, 3.63) is 64.4 Å². The molecule has 6 nitrogen and oxygen atoms in total. The van der Waals surface area contributed by atoms with Crippen molar-refractivity contribution in [1.82, 2.24) is 20.2 Å². The molecule has 0 amide bonds. The zero-order valence-corrected chi connectivity index (χ0v) is 18.3. The van der Waals surface area contributed by atoms with E-state index in [0.29, 0.717) is 6.04 Å². The predicted octanol–water partition coefficient (Wildman–Crippen LogP) is 5.15. The molecule has 1 aliphatic carbocycles. The van der Waals surface area contributed by atoms with Gasteiger partial charge >= 0.3 is 0 Å². The van der Waals surface area contributed by atoms with E-state index in [1.165, 1.54) is 19.3 Å². The largest absolute Gasteiger partial charge is 0.481 e. The number of anilines is 1. The Morgan fingerprint density at radius 2 is 1.90 bits per heavy atom. The van der Waals surface area contributed by atoms with Crippen molar-refractivity contribution < 1.29 is 4.74 Å². The van der Waals surface area contributed by atoms with Crippen LogP contribution < -0.4 is 10.1 Å². The van der Waals surface area contributed by atoms with Gasteiger partial charge in [-0.3, -0.25) is 0 Å². The van der Waals surface area contributed by atoms with Gasteiger partial charge in [0, 0.05) is 15.7 Å². The van der Waals surface area contributed by atoms with Crippen LogP contribution in [0.15, 0.2) is 53.0 Å². The molecule has 1 atom stereocenters. The summed E-state index contributed by atoms with van der Waals surface area (Å²) in [7, 11) is 0. The molecule has 0 saturated heterocycles. The molecule has 1 N–H and O–H groups in total. The van der Waals surface area contributed by atoms with Crippen LogP contribution in [-0.2, 0) is 0 Å². The summed E-state index contributed by atoms with van der Waals surface area (Å²) in [5.41, 5.74) is 1.89.